The molecule has 1 radical (unpaired) electrons. The third-order valence-corrected chi connectivity index (χ3v) is 15.3. The van der Waals surface area contributed by atoms with E-state index < -0.39 is 0 Å². The van der Waals surface area contributed by atoms with E-state index in [4.69, 9.17) is 4.42 Å². The molecule has 0 unspecified atom stereocenters. The lowest BCUT2D eigenvalue weighted by atomic mass is 9.58. The second-order valence-electron chi connectivity index (χ2n) is 21.6. The number of nitrogens with one attached hydrogen (secondary N) is 1. The molecule has 2 aromatic heterocycles. The molecule has 0 fully saturated rings. The minimum atomic E-state index is -0.126. The molecule has 309 valence electrons. The van der Waals surface area contributed by atoms with E-state index >= 15 is 0 Å². The van der Waals surface area contributed by atoms with Crippen molar-refractivity contribution in [3.05, 3.63) is 161 Å². The molecular weight excluding hydrogens is 763 g/mol. The maximum atomic E-state index is 6.42. The largest absolute Gasteiger partial charge is 0.464 e. The molecule has 7 aromatic carbocycles. The van der Waals surface area contributed by atoms with Crippen LogP contribution in [0.2, 0.25) is 0 Å². The maximum absolute atomic E-state index is 6.42. The lowest BCUT2D eigenvalue weighted by molar-refractivity contribution is 0.332. The number of aromatic nitrogens is 1. The Morgan fingerprint density at radius 1 is 0.587 bits per heavy atom. The van der Waals surface area contributed by atoms with Crippen molar-refractivity contribution in [2.24, 2.45) is 0 Å². The van der Waals surface area contributed by atoms with Crippen molar-refractivity contribution in [1.82, 2.24) is 4.57 Å². The van der Waals surface area contributed by atoms with Crippen molar-refractivity contribution in [1.29, 1.82) is 0 Å². The van der Waals surface area contributed by atoms with E-state index in [1.54, 1.807) is 0 Å². The van der Waals surface area contributed by atoms with Gasteiger partial charge in [-0.2, -0.15) is 0 Å². The molecule has 9 aromatic rings. The molecule has 3 aliphatic rings. The fourth-order valence-corrected chi connectivity index (χ4v) is 11.5. The van der Waals surface area contributed by atoms with Crippen molar-refractivity contribution in [2.75, 3.05) is 5.32 Å². The van der Waals surface area contributed by atoms with Gasteiger partial charge in [0.15, 0.2) is 7.28 Å². The zero-order chi connectivity index (χ0) is 43.4. The van der Waals surface area contributed by atoms with Crippen LogP contribution in [0, 0.1) is 0 Å². The minimum Gasteiger partial charge on any atom is -0.464 e. The fraction of sp³-hybridized carbons (Fsp3) is 0.254. The summed E-state index contributed by atoms with van der Waals surface area (Å²) in [5.74, 6) is 0. The normalized spacial score (nSPS) is 16.4. The third kappa shape index (κ3) is 5.59. The Bertz CT molecular complexity index is 3390. The van der Waals surface area contributed by atoms with Crippen LogP contribution in [0.5, 0.6) is 0 Å². The van der Waals surface area contributed by atoms with E-state index in [-0.39, 0.29) is 21.7 Å². The molecular formula is C59H54BN2O. The van der Waals surface area contributed by atoms with Gasteiger partial charge in [0.25, 0.3) is 0 Å². The zero-order valence-corrected chi connectivity index (χ0v) is 38.0. The van der Waals surface area contributed by atoms with E-state index in [0.717, 1.165) is 51.8 Å². The Labute approximate surface area is 372 Å². The summed E-state index contributed by atoms with van der Waals surface area (Å²) in [6.45, 7) is 21.4. The van der Waals surface area contributed by atoms with E-state index in [1.165, 1.54) is 83.0 Å². The van der Waals surface area contributed by atoms with Crippen LogP contribution in [0.4, 0.5) is 11.4 Å². The van der Waals surface area contributed by atoms with Crippen LogP contribution in [0.25, 0.3) is 71.8 Å². The first-order valence-corrected chi connectivity index (χ1v) is 22.9. The summed E-state index contributed by atoms with van der Waals surface area (Å²) in [5.41, 5.74) is 23.7. The highest BCUT2D eigenvalue weighted by Gasteiger charge is 2.40. The van der Waals surface area contributed by atoms with Gasteiger partial charge in [-0.05, 0) is 133 Å². The van der Waals surface area contributed by atoms with Gasteiger partial charge >= 0.3 is 0 Å². The summed E-state index contributed by atoms with van der Waals surface area (Å²) in [4.78, 5) is 0. The molecule has 63 heavy (non-hydrogen) atoms. The van der Waals surface area contributed by atoms with Gasteiger partial charge in [-0.25, -0.2) is 0 Å². The van der Waals surface area contributed by atoms with Crippen molar-refractivity contribution in [2.45, 2.75) is 96.8 Å². The highest BCUT2D eigenvalue weighted by atomic mass is 16.3. The Morgan fingerprint density at radius 3 is 2.05 bits per heavy atom. The van der Waals surface area contributed by atoms with Gasteiger partial charge in [-0.3, -0.25) is 0 Å². The molecule has 0 amide bonds. The van der Waals surface area contributed by atoms with Crippen molar-refractivity contribution in [3.63, 3.8) is 0 Å². The number of furan rings is 1. The van der Waals surface area contributed by atoms with Gasteiger partial charge in [0, 0.05) is 55.3 Å². The summed E-state index contributed by atoms with van der Waals surface area (Å²) in [7, 11) is 2.44. The smallest absolute Gasteiger partial charge is 0.198 e. The van der Waals surface area contributed by atoms with Gasteiger partial charge in [0.05, 0.1) is 11.8 Å². The van der Waals surface area contributed by atoms with Crippen LogP contribution in [0.3, 0.4) is 0 Å². The van der Waals surface area contributed by atoms with E-state index in [9.17, 15) is 0 Å². The quantitative estimate of drug-likeness (QED) is 0.179. The van der Waals surface area contributed by atoms with Crippen LogP contribution in [-0.2, 0) is 21.7 Å². The van der Waals surface area contributed by atoms with Gasteiger partial charge in [0.2, 0.25) is 0 Å². The average Bonchev–Trinajstić information content (AvgIpc) is 3.90. The number of anilines is 2. The number of fused-ring (bicyclic) bond motifs is 10. The topological polar surface area (TPSA) is 30.1 Å². The summed E-state index contributed by atoms with van der Waals surface area (Å²) < 4.78 is 9.00. The van der Waals surface area contributed by atoms with Gasteiger partial charge in [-0.1, -0.05) is 147 Å². The predicted molar refractivity (Wildman–Crippen MR) is 268 cm³/mol. The number of hydrogen-bond donors (Lipinski definition) is 1. The number of rotatable bonds is 4. The Kier molecular flexibility index (Phi) is 7.88. The Morgan fingerprint density at radius 2 is 1.30 bits per heavy atom. The first kappa shape index (κ1) is 38.4. The van der Waals surface area contributed by atoms with Gasteiger partial charge < -0.3 is 14.3 Å². The van der Waals surface area contributed by atoms with Crippen LogP contribution >= 0.6 is 0 Å². The van der Waals surface area contributed by atoms with E-state index in [2.05, 4.69) is 207 Å². The summed E-state index contributed by atoms with van der Waals surface area (Å²) in [6.07, 6.45) is 4.25. The third-order valence-electron chi connectivity index (χ3n) is 15.3. The molecule has 0 bridgehead atoms. The van der Waals surface area contributed by atoms with Crippen LogP contribution < -0.4 is 16.2 Å². The summed E-state index contributed by atoms with van der Waals surface area (Å²) in [5, 5.41) is 7.68. The SMILES string of the molecule is CC(C)(C)c1ccc(Nc2cc3c(cc2-c2ccc4c5cc6c(cc5n5c4c2[B]c2cc4occ(-c7ccccc7)c4cc2-5)C(C)(C)c2ccccc2-6)C(C)(C)CCC3(C)C)cc1. The molecule has 0 saturated carbocycles. The predicted octanol–water partition coefficient (Wildman–Crippen LogP) is 14.5. The van der Waals surface area contributed by atoms with Crippen LogP contribution in [0.1, 0.15) is 103 Å². The minimum absolute atomic E-state index is 0.0457. The van der Waals surface area contributed by atoms with Gasteiger partial charge in [-0.15, -0.1) is 0 Å². The standard InChI is InChI=1S/C59H54BN2O/c1-56(2,3)35-19-21-36(22-20-35)61-50-30-48-47(57(4,5)25-26-58(48,6)7)28-41(50)38-23-24-39-42-27-40-37-17-13-14-18-45(37)59(8,9)46(40)31-51(42)62-52-29-43-44(34-15-11-10-12-16-34)33-63-53(43)32-49(52)60-54(38)55(39)62/h10-24,27-33,61H,25-26H2,1-9H3. The second kappa shape index (κ2) is 12.9. The highest BCUT2D eigenvalue weighted by molar-refractivity contribution is 6.73. The Balaban J connectivity index is 1.15. The lowest BCUT2D eigenvalue weighted by Crippen LogP contribution is -2.37. The molecule has 0 atom stereocenters. The highest BCUT2D eigenvalue weighted by Crippen LogP contribution is 2.53. The van der Waals surface area contributed by atoms with E-state index in [0.29, 0.717) is 0 Å². The fourth-order valence-electron chi connectivity index (χ4n) is 11.5. The second-order valence-corrected chi connectivity index (χ2v) is 21.6. The number of nitrogens with zero attached hydrogens (tertiary/aromatic N) is 1. The molecule has 1 N–H and O–H groups in total. The summed E-state index contributed by atoms with van der Waals surface area (Å²) >= 11 is 0. The van der Waals surface area contributed by atoms with Crippen LogP contribution in [-0.4, -0.2) is 11.8 Å². The van der Waals surface area contributed by atoms with Crippen molar-refractivity contribution < 1.29 is 4.42 Å². The molecule has 0 saturated heterocycles. The van der Waals surface area contributed by atoms with Crippen molar-refractivity contribution in [3.8, 4) is 39.1 Å². The Hall–Kier alpha value is -6.26. The maximum Gasteiger partial charge on any atom is 0.198 e. The molecule has 4 heteroatoms. The number of benzene rings is 7. The van der Waals surface area contributed by atoms with E-state index in [1.807, 2.05) is 6.26 Å². The molecule has 0 spiro atoms. The van der Waals surface area contributed by atoms with Crippen molar-refractivity contribution >= 4 is 62.4 Å². The number of hydrogen-bond acceptors (Lipinski definition) is 2. The average molecular weight is 818 g/mol. The summed E-state index contributed by atoms with van der Waals surface area (Å²) in [6, 6.07) is 48.2. The molecule has 3 heterocycles. The van der Waals surface area contributed by atoms with Crippen LogP contribution in [0.15, 0.2) is 138 Å². The molecule has 1 aliphatic heterocycles. The lowest BCUT2D eigenvalue weighted by Gasteiger charge is -2.42. The molecule has 12 rings (SSSR count). The first-order chi connectivity index (χ1) is 30.1. The monoisotopic (exact) mass is 817 g/mol. The first-order valence-electron chi connectivity index (χ1n) is 22.9. The van der Waals surface area contributed by atoms with Gasteiger partial charge in [0.1, 0.15) is 5.58 Å². The molecule has 3 nitrogen and oxygen atoms in total. The zero-order valence-electron chi connectivity index (χ0n) is 38.0. The molecule has 2 aliphatic carbocycles.